The second-order valence-electron chi connectivity index (χ2n) is 6.46. The smallest absolute Gasteiger partial charge is 0.417 e. The minimum absolute atomic E-state index is 0.0359. The first-order chi connectivity index (χ1) is 14.3. The van der Waals surface area contributed by atoms with E-state index in [1.165, 1.54) is 12.1 Å². The van der Waals surface area contributed by atoms with Crippen LogP contribution in [0.5, 0.6) is 5.75 Å². The van der Waals surface area contributed by atoms with E-state index in [2.05, 4.69) is 0 Å². The average Bonchev–Trinajstić information content (AvgIpc) is 2.66. The number of alkyl halides is 6. The highest BCUT2D eigenvalue weighted by Gasteiger charge is 2.34. The van der Waals surface area contributed by atoms with E-state index in [0.717, 1.165) is 36.4 Å². The molecule has 0 spiro atoms. The van der Waals surface area contributed by atoms with Gasteiger partial charge in [-0.05, 0) is 53.1 Å². The number of phenolic OH excluding ortho intramolecular Hbond substituents is 1. The Morgan fingerprint density at radius 1 is 0.710 bits per heavy atom. The van der Waals surface area contributed by atoms with Crippen LogP contribution in [-0.4, -0.2) is 11.4 Å². The molecule has 0 unspecified atom stereocenters. The summed E-state index contributed by atoms with van der Waals surface area (Å²) in [6, 6.07) is 8.20. The summed E-state index contributed by atoms with van der Waals surface area (Å²) in [5, 5.41) is 9.16. The molecule has 3 aromatic rings. The molecule has 0 heterocycles. The minimum Gasteiger partial charge on any atom is -0.507 e. The van der Waals surface area contributed by atoms with Gasteiger partial charge in [-0.15, -0.1) is 0 Å². The van der Waals surface area contributed by atoms with Crippen LogP contribution in [0.1, 0.15) is 21.5 Å². The second-order valence-corrected chi connectivity index (χ2v) is 7.28. The monoisotopic (exact) mass is 478 g/mol. The molecule has 0 bridgehead atoms. The molecule has 0 fully saturated rings. The van der Waals surface area contributed by atoms with Crippen molar-refractivity contribution in [2.45, 2.75) is 12.4 Å². The Labute approximate surface area is 181 Å². The van der Waals surface area contributed by atoms with E-state index in [1.807, 2.05) is 0 Å². The van der Waals surface area contributed by atoms with E-state index in [0.29, 0.717) is 6.29 Å². The first-order valence-corrected chi connectivity index (χ1v) is 9.15. The number of hydrogen-bond acceptors (Lipinski definition) is 2. The molecule has 3 rings (SSSR count). The van der Waals surface area contributed by atoms with Crippen LogP contribution < -0.4 is 0 Å². The van der Waals surface area contributed by atoms with Crippen LogP contribution in [0.2, 0.25) is 10.0 Å². The van der Waals surface area contributed by atoms with E-state index in [9.17, 15) is 36.2 Å². The molecular weight excluding hydrogens is 469 g/mol. The summed E-state index contributed by atoms with van der Waals surface area (Å²) in [4.78, 5) is 11.4. The van der Waals surface area contributed by atoms with E-state index >= 15 is 0 Å². The summed E-state index contributed by atoms with van der Waals surface area (Å²) >= 11 is 11.5. The highest BCUT2D eigenvalue weighted by molar-refractivity contribution is 6.32. The molecule has 2 nitrogen and oxygen atoms in total. The molecule has 0 saturated carbocycles. The first-order valence-electron chi connectivity index (χ1n) is 8.39. The van der Waals surface area contributed by atoms with Crippen LogP contribution in [0.15, 0.2) is 48.5 Å². The molecule has 0 aromatic heterocycles. The maximum atomic E-state index is 12.9. The number of benzene rings is 3. The van der Waals surface area contributed by atoms with E-state index in [4.69, 9.17) is 23.2 Å². The molecule has 0 amide bonds. The minimum atomic E-state index is -4.69. The van der Waals surface area contributed by atoms with Crippen LogP contribution in [-0.2, 0) is 12.4 Å². The van der Waals surface area contributed by atoms with Crippen LogP contribution in [0.4, 0.5) is 26.3 Å². The zero-order valence-electron chi connectivity index (χ0n) is 15.1. The summed E-state index contributed by atoms with van der Waals surface area (Å²) in [6.45, 7) is 0. The van der Waals surface area contributed by atoms with Crippen molar-refractivity contribution in [2.24, 2.45) is 0 Å². The number of aromatic hydroxyl groups is 1. The van der Waals surface area contributed by atoms with Crippen molar-refractivity contribution >= 4 is 29.5 Å². The van der Waals surface area contributed by atoms with Crippen molar-refractivity contribution < 1.29 is 36.2 Å². The zero-order valence-corrected chi connectivity index (χ0v) is 16.6. The highest BCUT2D eigenvalue weighted by Crippen LogP contribution is 2.42. The third-order valence-corrected chi connectivity index (χ3v) is 5.09. The molecule has 0 atom stereocenters. The van der Waals surface area contributed by atoms with Crippen molar-refractivity contribution in [1.29, 1.82) is 0 Å². The van der Waals surface area contributed by atoms with Gasteiger partial charge in [0.1, 0.15) is 5.75 Å². The van der Waals surface area contributed by atoms with Crippen molar-refractivity contribution in [3.63, 3.8) is 0 Å². The van der Waals surface area contributed by atoms with Gasteiger partial charge < -0.3 is 5.11 Å². The molecule has 0 aliphatic rings. The van der Waals surface area contributed by atoms with Crippen LogP contribution in [0, 0.1) is 0 Å². The predicted octanol–water partition coefficient (Wildman–Crippen LogP) is 7.88. The quantitative estimate of drug-likeness (QED) is 0.307. The number of halogens is 8. The third kappa shape index (κ3) is 4.65. The number of rotatable bonds is 3. The average molecular weight is 479 g/mol. The fraction of sp³-hybridized carbons (Fsp3) is 0.0952. The summed E-state index contributed by atoms with van der Waals surface area (Å²) in [6.07, 6.45) is -9.05. The SMILES string of the molecule is O=Cc1cc(-c2ccc(C(F)(F)F)c(Cl)c2)cc(-c2ccc(C(F)(F)F)c(Cl)c2)c1O. The van der Waals surface area contributed by atoms with Crippen LogP contribution in [0.3, 0.4) is 0 Å². The highest BCUT2D eigenvalue weighted by atomic mass is 35.5. The number of aldehydes is 1. The Morgan fingerprint density at radius 3 is 1.65 bits per heavy atom. The number of carbonyl (C=O) groups excluding carboxylic acids is 1. The molecule has 0 saturated heterocycles. The molecule has 162 valence electrons. The Kier molecular flexibility index (Phi) is 5.99. The lowest BCUT2D eigenvalue weighted by molar-refractivity contribution is -0.138. The van der Waals surface area contributed by atoms with Crippen molar-refractivity contribution in [2.75, 3.05) is 0 Å². The van der Waals surface area contributed by atoms with Gasteiger partial charge in [0.05, 0.1) is 26.7 Å². The Bertz CT molecular complexity index is 1170. The van der Waals surface area contributed by atoms with Gasteiger partial charge in [-0.25, -0.2) is 0 Å². The van der Waals surface area contributed by atoms with Gasteiger partial charge in [0.2, 0.25) is 0 Å². The van der Waals surface area contributed by atoms with Gasteiger partial charge in [0.25, 0.3) is 0 Å². The van der Waals surface area contributed by atoms with Gasteiger partial charge >= 0.3 is 12.4 Å². The Balaban J connectivity index is 2.17. The number of hydrogen-bond donors (Lipinski definition) is 1. The fourth-order valence-electron chi connectivity index (χ4n) is 2.97. The molecule has 0 aliphatic heterocycles. The molecule has 10 heteroatoms. The fourth-order valence-corrected chi connectivity index (χ4v) is 3.55. The van der Waals surface area contributed by atoms with Gasteiger partial charge in [-0.2, -0.15) is 26.3 Å². The van der Waals surface area contributed by atoms with E-state index in [1.54, 1.807) is 0 Å². The standard InChI is InChI=1S/C21H10Cl2F6O2/c22-17-7-10(1-3-15(17)20(24,25)26)12-5-13(9-30)19(31)14(6-12)11-2-4-16(18(23)8-11)21(27,28)29/h1-9,31H. The Morgan fingerprint density at radius 2 is 1.19 bits per heavy atom. The first kappa shape index (κ1) is 23.0. The third-order valence-electron chi connectivity index (χ3n) is 4.46. The van der Waals surface area contributed by atoms with Crippen LogP contribution in [0.25, 0.3) is 22.3 Å². The lowest BCUT2D eigenvalue weighted by Gasteiger charge is -2.15. The van der Waals surface area contributed by atoms with E-state index < -0.39 is 39.3 Å². The van der Waals surface area contributed by atoms with E-state index in [-0.39, 0.29) is 27.8 Å². The summed E-state index contributed by atoms with van der Waals surface area (Å²) in [5.41, 5.74) is -1.92. The molecule has 0 radical (unpaired) electrons. The largest absolute Gasteiger partial charge is 0.507 e. The molecule has 1 N–H and O–H groups in total. The zero-order chi connectivity index (χ0) is 23.1. The molecule has 31 heavy (non-hydrogen) atoms. The van der Waals surface area contributed by atoms with Gasteiger partial charge in [0, 0.05) is 5.56 Å². The second kappa shape index (κ2) is 8.09. The normalized spacial score (nSPS) is 12.1. The van der Waals surface area contributed by atoms with Gasteiger partial charge in [-0.1, -0.05) is 35.3 Å². The maximum Gasteiger partial charge on any atom is 0.417 e. The molecule has 0 aliphatic carbocycles. The van der Waals surface area contributed by atoms with Crippen molar-refractivity contribution in [3.8, 4) is 28.0 Å². The number of carbonyl (C=O) groups is 1. The topological polar surface area (TPSA) is 37.3 Å². The summed E-state index contributed by atoms with van der Waals surface area (Å²) < 4.78 is 77.7. The van der Waals surface area contributed by atoms with Gasteiger partial charge in [0.15, 0.2) is 6.29 Å². The lowest BCUT2D eigenvalue weighted by Crippen LogP contribution is -2.05. The maximum absolute atomic E-state index is 12.9. The summed E-state index contributed by atoms with van der Waals surface area (Å²) in [7, 11) is 0. The molecule has 3 aromatic carbocycles. The van der Waals surface area contributed by atoms with Crippen molar-refractivity contribution in [1.82, 2.24) is 0 Å². The van der Waals surface area contributed by atoms with Crippen molar-refractivity contribution in [3.05, 3.63) is 75.3 Å². The molecular formula is C21H10Cl2F6O2. The summed E-state index contributed by atoms with van der Waals surface area (Å²) in [5.74, 6) is -0.521. The predicted molar refractivity (Wildman–Crippen MR) is 104 cm³/mol. The van der Waals surface area contributed by atoms with Crippen LogP contribution >= 0.6 is 23.2 Å². The number of phenols is 1. The van der Waals surface area contributed by atoms with Gasteiger partial charge in [-0.3, -0.25) is 4.79 Å². The lowest BCUT2D eigenvalue weighted by atomic mass is 9.94. The Hall–Kier alpha value is -2.71.